The average molecular weight is 266 g/mol. The van der Waals surface area contributed by atoms with Crippen molar-refractivity contribution >= 4 is 11.9 Å². The molecule has 20 heavy (non-hydrogen) atoms. The van der Waals surface area contributed by atoms with Crippen molar-refractivity contribution in [1.82, 2.24) is 4.57 Å². The fourth-order valence-electron chi connectivity index (χ4n) is 1.92. The lowest BCUT2D eigenvalue weighted by atomic mass is 10.1. The van der Waals surface area contributed by atoms with Crippen LogP contribution in [0.1, 0.15) is 27.3 Å². The van der Waals surface area contributed by atoms with E-state index in [1.807, 2.05) is 14.0 Å². The number of nitrogens with zero attached hydrogens (tertiary/aromatic N) is 2. The molecule has 2 rings (SSSR count). The number of aromatic nitrogens is 1. The summed E-state index contributed by atoms with van der Waals surface area (Å²) in [6, 6.07) is 10.0. The van der Waals surface area contributed by atoms with E-state index in [4.69, 9.17) is 5.26 Å². The van der Waals surface area contributed by atoms with Crippen LogP contribution in [-0.2, 0) is 7.05 Å². The molecule has 100 valence electrons. The van der Waals surface area contributed by atoms with Gasteiger partial charge in [0.25, 0.3) is 0 Å². The number of rotatable bonds is 3. The molecule has 4 heteroatoms. The van der Waals surface area contributed by atoms with Gasteiger partial charge in [-0.2, -0.15) is 5.26 Å². The van der Waals surface area contributed by atoms with E-state index in [1.54, 1.807) is 28.8 Å². The third kappa shape index (κ3) is 2.62. The molecule has 0 atom stereocenters. The summed E-state index contributed by atoms with van der Waals surface area (Å²) in [5, 5.41) is 18.3. The Bertz CT molecular complexity index is 733. The van der Waals surface area contributed by atoms with Crippen LogP contribution in [0.15, 0.2) is 36.4 Å². The molecule has 1 aromatic carbocycles. The van der Waals surface area contributed by atoms with Crippen molar-refractivity contribution < 1.29 is 9.90 Å². The highest BCUT2D eigenvalue weighted by atomic mass is 16.3. The summed E-state index contributed by atoms with van der Waals surface area (Å²) in [5.41, 5.74) is 2.72. The van der Waals surface area contributed by atoms with Gasteiger partial charge in [-0.05, 0) is 42.8 Å². The van der Waals surface area contributed by atoms with Crippen LogP contribution in [0.5, 0.6) is 5.75 Å². The molecular formula is C16H14N2O2. The first-order valence-electron chi connectivity index (χ1n) is 6.11. The first-order valence-corrected chi connectivity index (χ1v) is 6.11. The minimum Gasteiger partial charge on any atom is -0.508 e. The Kier molecular flexibility index (Phi) is 3.72. The van der Waals surface area contributed by atoms with Crippen LogP contribution in [0.4, 0.5) is 0 Å². The lowest BCUT2D eigenvalue weighted by Crippen LogP contribution is -1.94. The fraction of sp³-hybridized carbons (Fsp3) is 0.125. The molecule has 0 fully saturated rings. The molecule has 0 saturated carbocycles. The number of aromatic hydroxyl groups is 1. The van der Waals surface area contributed by atoms with Gasteiger partial charge < -0.3 is 9.67 Å². The van der Waals surface area contributed by atoms with E-state index in [1.165, 1.54) is 18.2 Å². The Balaban J connectivity index is 2.26. The van der Waals surface area contributed by atoms with Crippen molar-refractivity contribution in [1.29, 1.82) is 5.26 Å². The lowest BCUT2D eigenvalue weighted by molar-refractivity contribution is 0.104. The van der Waals surface area contributed by atoms with Crippen molar-refractivity contribution in [2.45, 2.75) is 6.92 Å². The van der Waals surface area contributed by atoms with Crippen molar-refractivity contribution in [3.05, 3.63) is 58.9 Å². The van der Waals surface area contributed by atoms with E-state index in [2.05, 4.69) is 6.07 Å². The molecular weight excluding hydrogens is 252 g/mol. The van der Waals surface area contributed by atoms with Crippen molar-refractivity contribution in [3.8, 4) is 11.8 Å². The number of phenolic OH excluding ortho intramolecular Hbond substituents is 1. The molecule has 0 aliphatic rings. The van der Waals surface area contributed by atoms with E-state index in [0.717, 1.165) is 11.3 Å². The molecule has 0 aliphatic carbocycles. The Morgan fingerprint density at radius 1 is 1.40 bits per heavy atom. The maximum Gasteiger partial charge on any atom is 0.185 e. The molecule has 2 aromatic rings. The Morgan fingerprint density at radius 2 is 2.15 bits per heavy atom. The Hall–Kier alpha value is -2.80. The van der Waals surface area contributed by atoms with Crippen LogP contribution in [0.3, 0.4) is 0 Å². The average Bonchev–Trinajstić information content (AvgIpc) is 2.72. The number of hydrogen-bond donors (Lipinski definition) is 1. The smallest absolute Gasteiger partial charge is 0.185 e. The van der Waals surface area contributed by atoms with Crippen LogP contribution in [0, 0.1) is 18.3 Å². The quantitative estimate of drug-likeness (QED) is 0.686. The summed E-state index contributed by atoms with van der Waals surface area (Å²) in [4.78, 5) is 12.0. The molecule has 0 aliphatic heterocycles. The van der Waals surface area contributed by atoms with E-state index < -0.39 is 0 Å². The molecule has 0 spiro atoms. The molecule has 1 N–H and O–H groups in total. The van der Waals surface area contributed by atoms with Crippen molar-refractivity contribution in [3.63, 3.8) is 0 Å². The Labute approximate surface area is 117 Å². The predicted octanol–water partition coefficient (Wildman–Crippen LogP) is 2.81. The largest absolute Gasteiger partial charge is 0.508 e. The van der Waals surface area contributed by atoms with Gasteiger partial charge in [0.05, 0.1) is 0 Å². The van der Waals surface area contributed by atoms with Crippen LogP contribution >= 0.6 is 0 Å². The van der Waals surface area contributed by atoms with E-state index in [0.29, 0.717) is 11.3 Å². The number of carbonyl (C=O) groups is 1. The first kappa shape index (κ1) is 13.6. The number of ketones is 1. The zero-order valence-electron chi connectivity index (χ0n) is 11.3. The second-order valence-corrected chi connectivity index (χ2v) is 4.49. The van der Waals surface area contributed by atoms with Crippen molar-refractivity contribution in [2.75, 3.05) is 0 Å². The Morgan fingerprint density at radius 3 is 2.75 bits per heavy atom. The monoisotopic (exact) mass is 266 g/mol. The number of allylic oxidation sites excluding steroid dienone is 1. The van der Waals surface area contributed by atoms with Gasteiger partial charge in [0.15, 0.2) is 5.78 Å². The highest BCUT2D eigenvalue weighted by Crippen LogP contribution is 2.16. The molecule has 4 nitrogen and oxygen atoms in total. The number of benzene rings is 1. The predicted molar refractivity (Wildman–Crippen MR) is 76.3 cm³/mol. The second kappa shape index (κ2) is 5.45. The highest BCUT2D eigenvalue weighted by molar-refractivity contribution is 6.07. The molecule has 1 heterocycles. The summed E-state index contributed by atoms with van der Waals surface area (Å²) in [5.74, 6) is -0.130. The number of carbonyl (C=O) groups excluding carboxylic acids is 1. The topological polar surface area (TPSA) is 66.0 Å². The molecule has 0 amide bonds. The zero-order valence-corrected chi connectivity index (χ0v) is 11.3. The summed E-state index contributed by atoms with van der Waals surface area (Å²) < 4.78 is 1.78. The second-order valence-electron chi connectivity index (χ2n) is 4.49. The maximum atomic E-state index is 12.0. The standard InChI is InChI=1S/C16H14N2O2/c1-11-12(8-14(10-17)18(11)2)6-7-16(20)13-4-3-5-15(19)9-13/h3-9,19H,1-2H3. The molecule has 0 bridgehead atoms. The molecule has 0 unspecified atom stereocenters. The fourth-order valence-corrected chi connectivity index (χ4v) is 1.92. The SMILES string of the molecule is Cc1c(C=CC(=O)c2cccc(O)c2)cc(C#N)n1C. The maximum absolute atomic E-state index is 12.0. The van der Waals surface area contributed by atoms with Crippen LogP contribution in [0.2, 0.25) is 0 Å². The summed E-state index contributed by atoms with van der Waals surface area (Å²) in [6.45, 7) is 1.89. The van der Waals surface area contributed by atoms with Gasteiger partial charge in [-0.3, -0.25) is 4.79 Å². The van der Waals surface area contributed by atoms with Gasteiger partial charge >= 0.3 is 0 Å². The van der Waals surface area contributed by atoms with E-state index in [-0.39, 0.29) is 11.5 Å². The van der Waals surface area contributed by atoms with Gasteiger partial charge in [0.2, 0.25) is 0 Å². The summed E-state index contributed by atoms with van der Waals surface area (Å²) in [6.07, 6.45) is 3.13. The van der Waals surface area contributed by atoms with Gasteiger partial charge in [-0.1, -0.05) is 12.1 Å². The first-order chi connectivity index (χ1) is 9.52. The van der Waals surface area contributed by atoms with Crippen LogP contribution in [0.25, 0.3) is 6.08 Å². The summed E-state index contributed by atoms with van der Waals surface area (Å²) in [7, 11) is 1.81. The third-order valence-electron chi connectivity index (χ3n) is 3.23. The summed E-state index contributed by atoms with van der Waals surface area (Å²) >= 11 is 0. The minimum atomic E-state index is -0.192. The van der Waals surface area contributed by atoms with E-state index in [9.17, 15) is 9.90 Å². The normalized spacial score (nSPS) is 10.7. The highest BCUT2D eigenvalue weighted by Gasteiger charge is 2.07. The number of phenols is 1. The lowest BCUT2D eigenvalue weighted by Gasteiger charge is -1.98. The third-order valence-corrected chi connectivity index (χ3v) is 3.23. The molecule has 0 radical (unpaired) electrons. The van der Waals surface area contributed by atoms with Gasteiger partial charge in [0, 0.05) is 18.3 Å². The number of nitriles is 1. The zero-order chi connectivity index (χ0) is 14.7. The van der Waals surface area contributed by atoms with Crippen LogP contribution < -0.4 is 0 Å². The van der Waals surface area contributed by atoms with Gasteiger partial charge in [-0.15, -0.1) is 0 Å². The van der Waals surface area contributed by atoms with Crippen LogP contribution in [-0.4, -0.2) is 15.5 Å². The molecule has 0 saturated heterocycles. The number of hydrogen-bond acceptors (Lipinski definition) is 3. The van der Waals surface area contributed by atoms with Gasteiger partial charge in [-0.25, -0.2) is 0 Å². The van der Waals surface area contributed by atoms with Gasteiger partial charge in [0.1, 0.15) is 17.5 Å². The van der Waals surface area contributed by atoms with E-state index >= 15 is 0 Å². The molecule has 1 aromatic heterocycles. The van der Waals surface area contributed by atoms with Crippen molar-refractivity contribution in [2.24, 2.45) is 7.05 Å². The minimum absolute atomic E-state index is 0.0620.